The standard InChI is InChI=1S/C22H18N2O2S/c23-15-4-1-6-17(12-15)25-19-9-10-21(20(14-19)22-8-3-11-27-22)26-18-7-2-5-16(24)13-18/h1-14H,23-24H2. The van der Waals surface area contributed by atoms with Gasteiger partial charge in [0, 0.05) is 33.9 Å². The fourth-order valence-electron chi connectivity index (χ4n) is 2.71. The second-order valence-electron chi connectivity index (χ2n) is 5.98. The van der Waals surface area contributed by atoms with E-state index in [2.05, 4.69) is 6.07 Å². The van der Waals surface area contributed by atoms with Crippen molar-refractivity contribution in [2.24, 2.45) is 0 Å². The molecule has 0 aliphatic carbocycles. The highest BCUT2D eigenvalue weighted by molar-refractivity contribution is 7.13. The van der Waals surface area contributed by atoms with E-state index >= 15 is 0 Å². The van der Waals surface area contributed by atoms with Crippen LogP contribution in [-0.4, -0.2) is 0 Å². The lowest BCUT2D eigenvalue weighted by Crippen LogP contribution is -1.92. The maximum absolute atomic E-state index is 6.09. The second kappa shape index (κ2) is 7.43. The summed E-state index contributed by atoms with van der Waals surface area (Å²) in [6.45, 7) is 0. The van der Waals surface area contributed by atoms with Crippen molar-refractivity contribution in [3.8, 4) is 33.4 Å². The van der Waals surface area contributed by atoms with E-state index in [9.17, 15) is 0 Å². The molecular weight excluding hydrogens is 356 g/mol. The van der Waals surface area contributed by atoms with Gasteiger partial charge in [-0.1, -0.05) is 18.2 Å². The minimum Gasteiger partial charge on any atom is -0.457 e. The Morgan fingerprint density at radius 1 is 0.630 bits per heavy atom. The van der Waals surface area contributed by atoms with E-state index in [4.69, 9.17) is 20.9 Å². The molecule has 0 fully saturated rings. The van der Waals surface area contributed by atoms with Gasteiger partial charge in [0.15, 0.2) is 0 Å². The largest absolute Gasteiger partial charge is 0.457 e. The van der Waals surface area contributed by atoms with E-state index in [0.717, 1.165) is 16.2 Å². The number of nitrogens with two attached hydrogens (primary N) is 2. The topological polar surface area (TPSA) is 70.5 Å². The number of nitrogen functional groups attached to an aromatic ring is 2. The van der Waals surface area contributed by atoms with Gasteiger partial charge in [-0.25, -0.2) is 0 Å². The summed E-state index contributed by atoms with van der Waals surface area (Å²) in [6, 6.07) is 24.5. The van der Waals surface area contributed by atoms with Crippen LogP contribution in [0.2, 0.25) is 0 Å². The van der Waals surface area contributed by atoms with Crippen LogP contribution in [0.5, 0.6) is 23.0 Å². The molecule has 27 heavy (non-hydrogen) atoms. The molecular formula is C22H18N2O2S. The Kier molecular flexibility index (Phi) is 4.68. The van der Waals surface area contributed by atoms with Crippen LogP contribution >= 0.6 is 11.3 Å². The van der Waals surface area contributed by atoms with E-state index in [-0.39, 0.29) is 0 Å². The molecule has 4 N–H and O–H groups in total. The third-order valence-electron chi connectivity index (χ3n) is 3.92. The van der Waals surface area contributed by atoms with Gasteiger partial charge in [0.05, 0.1) is 0 Å². The number of hydrogen-bond donors (Lipinski definition) is 2. The first kappa shape index (κ1) is 17.0. The van der Waals surface area contributed by atoms with Gasteiger partial charge in [-0.15, -0.1) is 11.3 Å². The van der Waals surface area contributed by atoms with Gasteiger partial charge >= 0.3 is 0 Å². The van der Waals surface area contributed by atoms with Crippen molar-refractivity contribution in [1.29, 1.82) is 0 Å². The van der Waals surface area contributed by atoms with Crippen LogP contribution in [-0.2, 0) is 0 Å². The quantitative estimate of drug-likeness (QED) is 0.410. The van der Waals surface area contributed by atoms with Gasteiger partial charge in [0.25, 0.3) is 0 Å². The molecule has 0 aliphatic heterocycles. The summed E-state index contributed by atoms with van der Waals surface area (Å²) in [5.41, 5.74) is 14.0. The van der Waals surface area contributed by atoms with Crippen LogP contribution in [0.15, 0.2) is 84.2 Å². The Hall–Kier alpha value is -3.44. The highest BCUT2D eigenvalue weighted by atomic mass is 32.1. The first-order valence-corrected chi connectivity index (χ1v) is 9.30. The molecule has 3 aromatic carbocycles. The highest BCUT2D eigenvalue weighted by Gasteiger charge is 2.11. The molecule has 0 unspecified atom stereocenters. The molecule has 0 amide bonds. The Morgan fingerprint density at radius 2 is 1.30 bits per heavy atom. The summed E-state index contributed by atoms with van der Waals surface area (Å²) in [5.74, 6) is 2.83. The lowest BCUT2D eigenvalue weighted by atomic mass is 10.1. The van der Waals surface area contributed by atoms with Crippen LogP contribution in [0.1, 0.15) is 0 Å². The van der Waals surface area contributed by atoms with Crippen molar-refractivity contribution in [3.63, 3.8) is 0 Å². The van der Waals surface area contributed by atoms with Gasteiger partial charge < -0.3 is 20.9 Å². The zero-order valence-corrected chi connectivity index (χ0v) is 15.3. The predicted molar refractivity (Wildman–Crippen MR) is 112 cm³/mol. The molecule has 0 radical (unpaired) electrons. The van der Waals surface area contributed by atoms with E-state index in [1.165, 1.54) is 0 Å². The SMILES string of the molecule is Nc1cccc(Oc2ccc(Oc3cccc(N)c3)c(-c3cccs3)c2)c1. The van der Waals surface area contributed by atoms with Crippen molar-refractivity contribution in [2.75, 3.05) is 11.5 Å². The molecule has 0 atom stereocenters. The Morgan fingerprint density at radius 3 is 1.93 bits per heavy atom. The Bertz CT molecular complexity index is 1060. The Labute approximate surface area is 161 Å². The highest BCUT2D eigenvalue weighted by Crippen LogP contribution is 2.39. The number of anilines is 2. The fraction of sp³-hybridized carbons (Fsp3) is 0. The zero-order valence-electron chi connectivity index (χ0n) is 14.5. The van der Waals surface area contributed by atoms with Crippen LogP contribution in [0.4, 0.5) is 11.4 Å². The number of hydrogen-bond acceptors (Lipinski definition) is 5. The lowest BCUT2D eigenvalue weighted by molar-refractivity contribution is 0.471. The van der Waals surface area contributed by atoms with Crippen molar-refractivity contribution >= 4 is 22.7 Å². The summed E-state index contributed by atoms with van der Waals surface area (Å²) in [4.78, 5) is 1.09. The third kappa shape index (κ3) is 4.04. The average Bonchev–Trinajstić information content (AvgIpc) is 3.18. The zero-order chi connectivity index (χ0) is 18.6. The molecule has 1 heterocycles. The van der Waals surface area contributed by atoms with Crippen LogP contribution in [0.25, 0.3) is 10.4 Å². The van der Waals surface area contributed by atoms with Crippen molar-refractivity contribution in [1.82, 2.24) is 0 Å². The van der Waals surface area contributed by atoms with Gasteiger partial charge in [-0.2, -0.15) is 0 Å². The lowest BCUT2D eigenvalue weighted by Gasteiger charge is -2.13. The molecule has 0 saturated carbocycles. The Balaban J connectivity index is 1.69. The van der Waals surface area contributed by atoms with Crippen molar-refractivity contribution in [3.05, 3.63) is 84.2 Å². The molecule has 0 saturated heterocycles. The maximum atomic E-state index is 6.09. The van der Waals surface area contributed by atoms with Crippen LogP contribution < -0.4 is 20.9 Å². The van der Waals surface area contributed by atoms with Crippen molar-refractivity contribution < 1.29 is 9.47 Å². The van der Waals surface area contributed by atoms with Crippen molar-refractivity contribution in [2.45, 2.75) is 0 Å². The molecule has 4 nitrogen and oxygen atoms in total. The number of benzene rings is 3. The smallest absolute Gasteiger partial charge is 0.136 e. The van der Waals surface area contributed by atoms with Gasteiger partial charge in [-0.05, 0) is 53.9 Å². The minimum absolute atomic E-state index is 0.659. The summed E-state index contributed by atoms with van der Waals surface area (Å²) in [5, 5.41) is 2.03. The maximum Gasteiger partial charge on any atom is 0.136 e. The van der Waals surface area contributed by atoms with E-state index in [1.54, 1.807) is 23.5 Å². The first-order valence-electron chi connectivity index (χ1n) is 8.42. The average molecular weight is 374 g/mol. The predicted octanol–water partition coefficient (Wildman–Crippen LogP) is 6.16. The normalized spacial score (nSPS) is 10.5. The molecule has 0 aliphatic rings. The molecule has 0 bridgehead atoms. The fourth-order valence-corrected chi connectivity index (χ4v) is 3.45. The van der Waals surface area contributed by atoms with Gasteiger partial charge in [0.1, 0.15) is 23.0 Å². The summed E-state index contributed by atoms with van der Waals surface area (Å²) in [7, 11) is 0. The first-order chi connectivity index (χ1) is 13.2. The molecule has 1 aromatic heterocycles. The monoisotopic (exact) mass is 374 g/mol. The van der Waals surface area contributed by atoms with Crippen LogP contribution in [0.3, 0.4) is 0 Å². The summed E-state index contributed by atoms with van der Waals surface area (Å²) >= 11 is 1.64. The number of rotatable bonds is 5. The second-order valence-corrected chi connectivity index (χ2v) is 6.93. The van der Waals surface area contributed by atoms with E-state index < -0.39 is 0 Å². The molecule has 134 valence electrons. The van der Waals surface area contributed by atoms with E-state index in [0.29, 0.717) is 28.6 Å². The molecule has 4 aromatic rings. The summed E-state index contributed by atoms with van der Waals surface area (Å²) in [6.07, 6.45) is 0. The molecule has 5 heteroatoms. The number of thiophene rings is 1. The van der Waals surface area contributed by atoms with Crippen LogP contribution in [0, 0.1) is 0 Å². The summed E-state index contributed by atoms with van der Waals surface area (Å²) < 4.78 is 12.1. The minimum atomic E-state index is 0.659. The molecule has 0 spiro atoms. The molecule has 4 rings (SSSR count). The number of ether oxygens (including phenoxy) is 2. The van der Waals surface area contributed by atoms with E-state index in [1.807, 2.05) is 66.0 Å². The van der Waals surface area contributed by atoms with Gasteiger partial charge in [-0.3, -0.25) is 0 Å². The van der Waals surface area contributed by atoms with Gasteiger partial charge in [0.2, 0.25) is 0 Å². The third-order valence-corrected chi connectivity index (χ3v) is 4.82.